The van der Waals surface area contributed by atoms with Crippen molar-refractivity contribution in [2.24, 2.45) is 0 Å². The van der Waals surface area contributed by atoms with Crippen molar-refractivity contribution in [2.75, 3.05) is 13.1 Å². The average molecular weight is 386 g/mol. The fraction of sp³-hybridized carbons (Fsp3) is 0.316. The van der Waals surface area contributed by atoms with Crippen molar-refractivity contribution < 1.29 is 14.3 Å². The molecule has 1 aliphatic heterocycles. The molecule has 1 saturated heterocycles. The number of carbonyl (C=O) groups excluding carboxylic acids is 2. The van der Waals surface area contributed by atoms with E-state index >= 15 is 0 Å². The molecule has 0 aliphatic carbocycles. The maximum Gasteiger partial charge on any atom is 0.349 e. The number of thiophene rings is 1. The molecule has 0 unspecified atom stereocenters. The van der Waals surface area contributed by atoms with Crippen LogP contribution >= 0.6 is 22.7 Å². The van der Waals surface area contributed by atoms with Gasteiger partial charge in [-0.3, -0.25) is 4.79 Å². The number of ether oxygens (including phenoxy) is 1. The summed E-state index contributed by atoms with van der Waals surface area (Å²) in [5, 5.41) is 0.886. The van der Waals surface area contributed by atoms with E-state index in [0.29, 0.717) is 4.88 Å². The first kappa shape index (κ1) is 17.2. The molecule has 5 nitrogen and oxygen atoms in total. The van der Waals surface area contributed by atoms with Crippen LogP contribution in [0.5, 0.6) is 0 Å². The van der Waals surface area contributed by atoms with E-state index in [1.807, 2.05) is 30.3 Å². The molecule has 1 aliphatic rings. The highest BCUT2D eigenvalue weighted by Crippen LogP contribution is 2.34. The molecule has 134 valence electrons. The summed E-state index contributed by atoms with van der Waals surface area (Å²) in [5.74, 6) is -0.568. The van der Waals surface area contributed by atoms with Crippen LogP contribution in [0.25, 0.3) is 20.1 Å². The minimum Gasteiger partial charge on any atom is -0.448 e. The Morgan fingerprint density at radius 3 is 2.65 bits per heavy atom. The van der Waals surface area contributed by atoms with Gasteiger partial charge in [0, 0.05) is 13.1 Å². The third-order valence-electron chi connectivity index (χ3n) is 4.36. The first-order chi connectivity index (χ1) is 12.6. The van der Waals surface area contributed by atoms with Gasteiger partial charge in [-0.15, -0.1) is 22.7 Å². The van der Waals surface area contributed by atoms with Gasteiger partial charge in [-0.05, 0) is 44.0 Å². The summed E-state index contributed by atoms with van der Waals surface area (Å²) < 4.78 is 6.50. The summed E-state index contributed by atoms with van der Waals surface area (Å²) in [7, 11) is 0. The number of para-hydroxylation sites is 1. The zero-order chi connectivity index (χ0) is 18.1. The zero-order valence-corrected chi connectivity index (χ0v) is 15.9. The number of fused-ring (bicyclic) bond motifs is 1. The van der Waals surface area contributed by atoms with Crippen LogP contribution in [-0.4, -0.2) is 41.0 Å². The van der Waals surface area contributed by atoms with Crippen molar-refractivity contribution in [2.45, 2.75) is 25.9 Å². The number of benzene rings is 1. The van der Waals surface area contributed by atoms with Crippen LogP contribution in [0, 0.1) is 0 Å². The fourth-order valence-electron chi connectivity index (χ4n) is 3.00. The van der Waals surface area contributed by atoms with Crippen LogP contribution in [0.3, 0.4) is 0 Å². The van der Waals surface area contributed by atoms with Gasteiger partial charge in [-0.2, -0.15) is 0 Å². The van der Waals surface area contributed by atoms with E-state index in [1.165, 1.54) is 11.3 Å². The molecule has 2 aromatic heterocycles. The largest absolute Gasteiger partial charge is 0.448 e. The maximum atomic E-state index is 12.4. The first-order valence-electron chi connectivity index (χ1n) is 8.57. The van der Waals surface area contributed by atoms with Crippen LogP contribution in [0.15, 0.2) is 36.4 Å². The van der Waals surface area contributed by atoms with Gasteiger partial charge in [-0.25, -0.2) is 9.78 Å². The topological polar surface area (TPSA) is 59.5 Å². The first-order valence-corrected chi connectivity index (χ1v) is 10.2. The van der Waals surface area contributed by atoms with Crippen molar-refractivity contribution in [3.63, 3.8) is 0 Å². The lowest BCUT2D eigenvalue weighted by molar-refractivity contribution is -0.138. The van der Waals surface area contributed by atoms with Crippen LogP contribution < -0.4 is 0 Å². The maximum absolute atomic E-state index is 12.4. The molecule has 1 atom stereocenters. The predicted octanol–water partition coefficient (Wildman–Crippen LogP) is 4.19. The van der Waals surface area contributed by atoms with Gasteiger partial charge in [0.15, 0.2) is 6.10 Å². The average Bonchev–Trinajstić information content (AvgIpc) is 3.40. The van der Waals surface area contributed by atoms with Gasteiger partial charge >= 0.3 is 5.97 Å². The molecule has 3 heterocycles. The number of hydrogen-bond acceptors (Lipinski definition) is 6. The second-order valence-corrected chi connectivity index (χ2v) is 8.34. The van der Waals surface area contributed by atoms with Gasteiger partial charge < -0.3 is 9.64 Å². The Morgan fingerprint density at radius 1 is 1.12 bits per heavy atom. The highest BCUT2D eigenvalue weighted by molar-refractivity contribution is 7.26. The Labute approximate surface area is 159 Å². The molecule has 26 heavy (non-hydrogen) atoms. The Kier molecular flexibility index (Phi) is 4.74. The van der Waals surface area contributed by atoms with E-state index in [0.717, 1.165) is 46.0 Å². The lowest BCUT2D eigenvalue weighted by Crippen LogP contribution is -2.38. The summed E-state index contributed by atoms with van der Waals surface area (Å²) in [6, 6.07) is 11.6. The van der Waals surface area contributed by atoms with Crippen LogP contribution in [0.4, 0.5) is 0 Å². The molecule has 4 rings (SSSR count). The number of thiazole rings is 1. The molecule has 0 bridgehead atoms. The standard InChI is InChI=1S/C19H18N2O3S2/c1-12(18(22)21-10-4-5-11-21)24-19(23)16-9-8-15(25-16)17-20-13-6-2-3-7-14(13)26-17/h2-3,6-9,12H,4-5,10-11H2,1H3/t12-/m0/s1. The van der Waals surface area contributed by atoms with Crippen LogP contribution in [-0.2, 0) is 9.53 Å². The summed E-state index contributed by atoms with van der Waals surface area (Å²) in [5.41, 5.74) is 0.954. The fourth-order valence-corrected chi connectivity index (χ4v) is 4.91. The summed E-state index contributed by atoms with van der Waals surface area (Å²) in [6.45, 7) is 3.14. The van der Waals surface area contributed by atoms with E-state index < -0.39 is 12.1 Å². The number of aromatic nitrogens is 1. The number of rotatable bonds is 4. The Balaban J connectivity index is 1.46. The molecule has 1 fully saturated rings. The van der Waals surface area contributed by atoms with E-state index in [1.54, 1.807) is 29.2 Å². The van der Waals surface area contributed by atoms with Crippen molar-refractivity contribution >= 4 is 44.8 Å². The van der Waals surface area contributed by atoms with E-state index in [9.17, 15) is 9.59 Å². The molecule has 1 aromatic carbocycles. The van der Waals surface area contributed by atoms with Gasteiger partial charge in [0.1, 0.15) is 9.88 Å². The highest BCUT2D eigenvalue weighted by atomic mass is 32.1. The van der Waals surface area contributed by atoms with Crippen molar-refractivity contribution in [3.05, 3.63) is 41.3 Å². The van der Waals surface area contributed by atoms with Crippen molar-refractivity contribution in [1.82, 2.24) is 9.88 Å². The molecule has 0 spiro atoms. The molecule has 7 heteroatoms. The van der Waals surface area contributed by atoms with Gasteiger partial charge in [0.25, 0.3) is 5.91 Å². The summed E-state index contributed by atoms with van der Waals surface area (Å²) in [4.78, 5) is 32.5. The molecule has 0 radical (unpaired) electrons. The second kappa shape index (κ2) is 7.17. The van der Waals surface area contributed by atoms with E-state index in [2.05, 4.69) is 4.98 Å². The molecule has 0 N–H and O–H groups in total. The lowest BCUT2D eigenvalue weighted by atomic mass is 10.3. The van der Waals surface area contributed by atoms with Gasteiger partial charge in [-0.1, -0.05) is 12.1 Å². The smallest absolute Gasteiger partial charge is 0.349 e. The van der Waals surface area contributed by atoms with E-state index in [4.69, 9.17) is 4.74 Å². The third-order valence-corrected chi connectivity index (χ3v) is 6.63. The Morgan fingerprint density at radius 2 is 1.88 bits per heavy atom. The minimum atomic E-state index is -0.756. The van der Waals surface area contributed by atoms with Crippen LogP contribution in [0.2, 0.25) is 0 Å². The van der Waals surface area contributed by atoms with Gasteiger partial charge in [0.2, 0.25) is 0 Å². The quantitative estimate of drug-likeness (QED) is 0.631. The highest BCUT2D eigenvalue weighted by Gasteiger charge is 2.26. The SMILES string of the molecule is C[C@H](OC(=O)c1ccc(-c2nc3ccccc3s2)s1)C(=O)N1CCCC1. The minimum absolute atomic E-state index is 0.112. The van der Waals surface area contributed by atoms with Crippen molar-refractivity contribution in [1.29, 1.82) is 0 Å². The molecule has 3 aromatic rings. The molecule has 1 amide bonds. The normalized spacial score (nSPS) is 15.3. The number of nitrogens with zero attached hydrogens (tertiary/aromatic N) is 2. The summed E-state index contributed by atoms with van der Waals surface area (Å²) in [6.07, 6.45) is 1.28. The van der Waals surface area contributed by atoms with Gasteiger partial charge in [0.05, 0.1) is 15.1 Å². The number of amides is 1. The van der Waals surface area contributed by atoms with Crippen LogP contribution in [0.1, 0.15) is 29.4 Å². The summed E-state index contributed by atoms with van der Waals surface area (Å²) >= 11 is 2.94. The Hall–Kier alpha value is -2.25. The number of hydrogen-bond donors (Lipinski definition) is 0. The van der Waals surface area contributed by atoms with Crippen molar-refractivity contribution in [3.8, 4) is 9.88 Å². The van der Waals surface area contributed by atoms with E-state index in [-0.39, 0.29) is 5.91 Å². The molecular weight excluding hydrogens is 368 g/mol. The lowest BCUT2D eigenvalue weighted by Gasteiger charge is -2.20. The third kappa shape index (κ3) is 3.37. The molecular formula is C19H18N2O3S2. The number of likely N-dealkylation sites (tertiary alicyclic amines) is 1. The monoisotopic (exact) mass is 386 g/mol. The molecule has 0 saturated carbocycles. The second-order valence-electron chi connectivity index (χ2n) is 6.23. The zero-order valence-electron chi connectivity index (χ0n) is 14.3. The number of carbonyl (C=O) groups is 2. The number of esters is 1. The Bertz CT molecular complexity index is 924. The predicted molar refractivity (Wildman–Crippen MR) is 104 cm³/mol.